The Morgan fingerprint density at radius 2 is 2.00 bits per heavy atom. The molecule has 26 heavy (non-hydrogen) atoms. The third kappa shape index (κ3) is 3.11. The van der Waals surface area contributed by atoms with Crippen LogP contribution in [0.15, 0.2) is 48.8 Å². The normalized spacial score (nSPS) is 11.6. The highest BCUT2D eigenvalue weighted by atomic mass is 32.2. The maximum Gasteiger partial charge on any atom is 0.340 e. The molecule has 9 heteroatoms. The van der Waals surface area contributed by atoms with E-state index in [0.717, 1.165) is 4.31 Å². The Bertz CT molecular complexity index is 1060. The highest BCUT2D eigenvalue weighted by Gasteiger charge is 2.25. The van der Waals surface area contributed by atoms with Crippen molar-refractivity contribution in [2.75, 3.05) is 11.4 Å². The number of methoxy groups -OCH3 is 1. The molecule has 1 N–H and O–H groups in total. The quantitative estimate of drug-likeness (QED) is 0.555. The van der Waals surface area contributed by atoms with E-state index in [-0.39, 0.29) is 22.5 Å². The molecule has 0 fully saturated rings. The average Bonchev–Trinajstić information content (AvgIpc) is 2.67. The monoisotopic (exact) mass is 368 g/mol. The van der Waals surface area contributed by atoms with Crippen molar-refractivity contribution in [1.29, 1.82) is 5.26 Å². The number of esters is 1. The minimum absolute atomic E-state index is 0.0368. The number of aromatic nitrogens is 2. The second-order valence-electron chi connectivity index (χ2n) is 5.06. The minimum Gasteiger partial charge on any atom is -0.465 e. The van der Waals surface area contributed by atoms with E-state index in [2.05, 4.69) is 9.97 Å². The number of rotatable bonds is 4. The maximum atomic E-state index is 12.2. The summed E-state index contributed by atoms with van der Waals surface area (Å²) >= 11 is -2.55. The highest BCUT2D eigenvalue weighted by molar-refractivity contribution is 7.81. The van der Waals surface area contributed by atoms with Crippen LogP contribution in [0.25, 0.3) is 11.0 Å². The predicted octanol–water partition coefficient (Wildman–Crippen LogP) is 2.56. The van der Waals surface area contributed by atoms with Gasteiger partial charge in [-0.25, -0.2) is 13.3 Å². The summed E-state index contributed by atoms with van der Waals surface area (Å²) < 4.78 is 27.8. The minimum atomic E-state index is -2.55. The lowest BCUT2D eigenvalue weighted by atomic mass is 10.1. The predicted molar refractivity (Wildman–Crippen MR) is 94.9 cm³/mol. The molecule has 1 atom stereocenters. The average molecular weight is 368 g/mol. The molecule has 0 aliphatic heterocycles. The van der Waals surface area contributed by atoms with Gasteiger partial charge in [-0.3, -0.25) is 14.5 Å². The molecule has 0 spiro atoms. The SMILES string of the molecule is COC(=O)c1ccc(C#N)cc1N(c1cccc2nccnc12)S(=O)O. The lowest BCUT2D eigenvalue weighted by Gasteiger charge is -2.23. The van der Waals surface area contributed by atoms with Gasteiger partial charge in [0.1, 0.15) is 5.52 Å². The standard InChI is InChI=1S/C17H12N4O4S/c1-25-17(22)12-6-5-11(10-18)9-15(12)21(26(23)24)14-4-2-3-13-16(14)20-8-7-19-13/h2-9H,1H3,(H,23,24). The molecule has 8 nitrogen and oxygen atoms in total. The van der Waals surface area contributed by atoms with Gasteiger partial charge >= 0.3 is 5.97 Å². The Balaban J connectivity index is 2.32. The van der Waals surface area contributed by atoms with Crippen LogP contribution < -0.4 is 4.31 Å². The van der Waals surface area contributed by atoms with E-state index in [1.807, 2.05) is 6.07 Å². The summed E-state index contributed by atoms with van der Waals surface area (Å²) in [5, 5.41) is 9.17. The third-order valence-corrected chi connectivity index (χ3v) is 4.31. The zero-order valence-electron chi connectivity index (χ0n) is 13.5. The molecule has 1 heterocycles. The summed E-state index contributed by atoms with van der Waals surface area (Å²) in [6, 6.07) is 11.0. The number of ether oxygens (including phenoxy) is 1. The van der Waals surface area contributed by atoms with Crippen molar-refractivity contribution < 1.29 is 18.3 Å². The van der Waals surface area contributed by atoms with Crippen LogP contribution in [0.3, 0.4) is 0 Å². The molecule has 0 radical (unpaired) electrons. The first-order valence-electron chi connectivity index (χ1n) is 7.30. The fourth-order valence-electron chi connectivity index (χ4n) is 2.49. The summed E-state index contributed by atoms with van der Waals surface area (Å²) in [6.45, 7) is 0. The van der Waals surface area contributed by atoms with Gasteiger partial charge in [-0.2, -0.15) is 5.26 Å². The number of anilines is 2. The number of nitriles is 1. The Morgan fingerprint density at radius 3 is 2.69 bits per heavy atom. The summed E-state index contributed by atoms with van der Waals surface area (Å²) in [5.41, 5.74) is 1.45. The zero-order valence-corrected chi connectivity index (χ0v) is 14.3. The van der Waals surface area contributed by atoms with Crippen LogP contribution in [0.5, 0.6) is 0 Å². The van der Waals surface area contributed by atoms with Crippen LogP contribution in [-0.2, 0) is 16.0 Å². The van der Waals surface area contributed by atoms with E-state index in [1.54, 1.807) is 18.2 Å². The van der Waals surface area contributed by atoms with E-state index in [9.17, 15) is 13.6 Å². The molecule has 0 amide bonds. The van der Waals surface area contributed by atoms with E-state index < -0.39 is 17.2 Å². The van der Waals surface area contributed by atoms with Gasteiger partial charge in [0.2, 0.25) is 0 Å². The largest absolute Gasteiger partial charge is 0.465 e. The molecule has 2 aromatic carbocycles. The van der Waals surface area contributed by atoms with Gasteiger partial charge in [-0.15, -0.1) is 0 Å². The Hall–Kier alpha value is -3.35. The summed E-state index contributed by atoms with van der Waals surface area (Å²) in [5.74, 6) is -0.703. The zero-order chi connectivity index (χ0) is 18.7. The summed E-state index contributed by atoms with van der Waals surface area (Å²) in [4.78, 5) is 20.5. The number of hydrogen-bond acceptors (Lipinski definition) is 6. The first kappa shape index (κ1) is 17.5. The van der Waals surface area contributed by atoms with Gasteiger partial charge in [0.15, 0.2) is 0 Å². The van der Waals surface area contributed by atoms with Gasteiger partial charge < -0.3 is 4.74 Å². The van der Waals surface area contributed by atoms with Crippen LogP contribution in [0.4, 0.5) is 11.4 Å². The van der Waals surface area contributed by atoms with E-state index in [4.69, 9.17) is 10.00 Å². The smallest absolute Gasteiger partial charge is 0.340 e. The number of nitrogens with zero attached hydrogens (tertiary/aromatic N) is 4. The number of carbonyl (C=O) groups is 1. The van der Waals surface area contributed by atoms with E-state index in [1.165, 1.54) is 37.7 Å². The van der Waals surface area contributed by atoms with Gasteiger partial charge in [-0.1, -0.05) is 6.07 Å². The van der Waals surface area contributed by atoms with Crippen molar-refractivity contribution in [3.05, 3.63) is 59.9 Å². The fraction of sp³-hybridized carbons (Fsp3) is 0.0588. The number of benzene rings is 2. The van der Waals surface area contributed by atoms with Crippen LogP contribution in [0, 0.1) is 11.3 Å². The van der Waals surface area contributed by atoms with Crippen molar-refractivity contribution in [2.45, 2.75) is 0 Å². The van der Waals surface area contributed by atoms with Crippen molar-refractivity contribution in [3.8, 4) is 6.07 Å². The van der Waals surface area contributed by atoms with Crippen molar-refractivity contribution in [3.63, 3.8) is 0 Å². The molecule has 3 rings (SSSR count). The van der Waals surface area contributed by atoms with E-state index >= 15 is 0 Å². The number of fused-ring (bicyclic) bond motifs is 1. The Kier molecular flexibility index (Phi) is 4.88. The lowest BCUT2D eigenvalue weighted by Crippen LogP contribution is -2.23. The molecular weight excluding hydrogens is 356 g/mol. The second-order valence-corrected chi connectivity index (χ2v) is 5.89. The second kappa shape index (κ2) is 7.26. The molecule has 0 bridgehead atoms. The number of hydrogen-bond donors (Lipinski definition) is 1. The molecular formula is C17H12N4O4S. The van der Waals surface area contributed by atoms with Crippen molar-refractivity contribution in [1.82, 2.24) is 9.97 Å². The molecule has 130 valence electrons. The van der Waals surface area contributed by atoms with Gasteiger partial charge in [-0.05, 0) is 30.3 Å². The molecule has 0 saturated heterocycles. The summed E-state index contributed by atoms with van der Waals surface area (Å²) in [7, 11) is 1.20. The molecule has 1 unspecified atom stereocenters. The number of para-hydroxylation sites is 1. The number of carbonyl (C=O) groups excluding carboxylic acids is 1. The topological polar surface area (TPSA) is 116 Å². The van der Waals surface area contributed by atoms with Crippen LogP contribution in [-0.4, -0.2) is 31.8 Å². The first-order valence-corrected chi connectivity index (χ1v) is 8.36. The third-order valence-electron chi connectivity index (χ3n) is 3.60. The van der Waals surface area contributed by atoms with Crippen LogP contribution >= 0.6 is 0 Å². The summed E-state index contributed by atoms with van der Waals surface area (Å²) in [6.07, 6.45) is 2.96. The Labute approximate surface area is 151 Å². The van der Waals surface area contributed by atoms with Gasteiger partial charge in [0, 0.05) is 12.4 Å². The molecule has 0 aliphatic carbocycles. The van der Waals surface area contributed by atoms with Gasteiger partial charge in [0.05, 0.1) is 41.2 Å². The van der Waals surface area contributed by atoms with Gasteiger partial charge in [0.25, 0.3) is 11.3 Å². The van der Waals surface area contributed by atoms with Crippen molar-refractivity contribution >= 4 is 39.6 Å². The molecule has 0 aliphatic rings. The molecule has 3 aromatic rings. The fourth-order valence-corrected chi connectivity index (χ4v) is 3.13. The van der Waals surface area contributed by atoms with Crippen molar-refractivity contribution in [2.24, 2.45) is 0 Å². The lowest BCUT2D eigenvalue weighted by molar-refractivity contribution is 0.0602. The molecule has 1 aromatic heterocycles. The Morgan fingerprint density at radius 1 is 1.23 bits per heavy atom. The highest BCUT2D eigenvalue weighted by Crippen LogP contribution is 2.34. The molecule has 0 saturated carbocycles. The van der Waals surface area contributed by atoms with Crippen LogP contribution in [0.2, 0.25) is 0 Å². The van der Waals surface area contributed by atoms with E-state index in [0.29, 0.717) is 11.0 Å². The first-order chi connectivity index (χ1) is 12.6. The maximum absolute atomic E-state index is 12.2. The van der Waals surface area contributed by atoms with Crippen LogP contribution in [0.1, 0.15) is 15.9 Å².